The summed E-state index contributed by atoms with van der Waals surface area (Å²) in [5, 5.41) is 2.94. The van der Waals surface area contributed by atoms with Gasteiger partial charge in [-0.05, 0) is 50.5 Å². The summed E-state index contributed by atoms with van der Waals surface area (Å²) < 4.78 is 0. The molecule has 1 aromatic rings. The van der Waals surface area contributed by atoms with Gasteiger partial charge in [-0.25, -0.2) is 0 Å². The van der Waals surface area contributed by atoms with E-state index in [1.165, 1.54) is 32.1 Å². The van der Waals surface area contributed by atoms with Gasteiger partial charge in [0.25, 0.3) is 5.91 Å². The number of amides is 2. The van der Waals surface area contributed by atoms with Gasteiger partial charge in [0.2, 0.25) is 5.91 Å². The Labute approximate surface area is 145 Å². The van der Waals surface area contributed by atoms with Crippen molar-refractivity contribution in [2.24, 2.45) is 5.92 Å². The molecule has 2 amide bonds. The number of benzene rings is 1. The molecule has 2 rings (SSSR count). The van der Waals surface area contributed by atoms with Crippen LogP contribution >= 0.6 is 0 Å². The average molecular weight is 330 g/mol. The Hall–Kier alpha value is -1.84. The molecule has 1 N–H and O–H groups in total. The molecule has 1 aliphatic rings. The maximum Gasteiger partial charge on any atom is 0.253 e. The van der Waals surface area contributed by atoms with Crippen LogP contribution in [-0.4, -0.2) is 29.8 Å². The summed E-state index contributed by atoms with van der Waals surface area (Å²) in [6.07, 6.45) is 8.10. The smallest absolute Gasteiger partial charge is 0.253 e. The lowest BCUT2D eigenvalue weighted by atomic mass is 9.86. The highest BCUT2D eigenvalue weighted by molar-refractivity contribution is 5.95. The van der Waals surface area contributed by atoms with E-state index >= 15 is 0 Å². The number of carbonyl (C=O) groups is 2. The van der Waals surface area contributed by atoms with Gasteiger partial charge in [0.1, 0.15) is 0 Å². The minimum atomic E-state index is 0.0372. The van der Waals surface area contributed by atoms with Gasteiger partial charge in [0.05, 0.1) is 0 Å². The first-order valence-electron chi connectivity index (χ1n) is 9.33. The predicted molar refractivity (Wildman–Crippen MR) is 98.1 cm³/mol. The van der Waals surface area contributed by atoms with Crippen LogP contribution < -0.4 is 5.32 Å². The summed E-state index contributed by atoms with van der Waals surface area (Å²) in [4.78, 5) is 26.1. The monoisotopic (exact) mass is 330 g/mol. The first-order chi connectivity index (χ1) is 11.6. The maximum atomic E-state index is 12.3. The van der Waals surface area contributed by atoms with Gasteiger partial charge < -0.3 is 10.2 Å². The van der Waals surface area contributed by atoms with Crippen LogP contribution in [0.25, 0.3) is 0 Å². The van der Waals surface area contributed by atoms with Crippen LogP contribution in [0.3, 0.4) is 0 Å². The van der Waals surface area contributed by atoms with E-state index < -0.39 is 0 Å². The van der Waals surface area contributed by atoms with Crippen LogP contribution in [0.4, 0.5) is 5.69 Å². The molecule has 0 aliphatic heterocycles. The minimum Gasteiger partial charge on any atom is -0.339 e. The first-order valence-corrected chi connectivity index (χ1v) is 9.33. The number of rotatable bonds is 7. The third-order valence-electron chi connectivity index (χ3n) is 4.97. The molecule has 132 valence electrons. The second-order valence-electron chi connectivity index (χ2n) is 6.65. The first kappa shape index (κ1) is 18.5. The van der Waals surface area contributed by atoms with E-state index in [4.69, 9.17) is 0 Å². The zero-order valence-electron chi connectivity index (χ0n) is 15.0. The summed E-state index contributed by atoms with van der Waals surface area (Å²) in [6.45, 7) is 5.36. The minimum absolute atomic E-state index is 0.0372. The van der Waals surface area contributed by atoms with Crippen molar-refractivity contribution in [3.63, 3.8) is 0 Å². The Balaban J connectivity index is 1.82. The topological polar surface area (TPSA) is 49.4 Å². The fourth-order valence-corrected chi connectivity index (χ4v) is 3.42. The third kappa shape index (κ3) is 5.36. The number of nitrogens with one attached hydrogen (secondary N) is 1. The molecular formula is C20H30N2O2. The molecule has 0 heterocycles. The maximum absolute atomic E-state index is 12.3. The van der Waals surface area contributed by atoms with Crippen molar-refractivity contribution in [3.05, 3.63) is 29.8 Å². The zero-order valence-corrected chi connectivity index (χ0v) is 15.0. The largest absolute Gasteiger partial charge is 0.339 e. The molecule has 0 unspecified atom stereocenters. The molecule has 4 nitrogen and oxygen atoms in total. The van der Waals surface area contributed by atoms with Crippen LogP contribution in [0.15, 0.2) is 24.3 Å². The van der Waals surface area contributed by atoms with Crippen molar-refractivity contribution in [2.75, 3.05) is 18.4 Å². The molecule has 1 aromatic carbocycles. The molecule has 1 fully saturated rings. The molecule has 0 atom stereocenters. The van der Waals surface area contributed by atoms with Crippen molar-refractivity contribution in [3.8, 4) is 0 Å². The lowest BCUT2D eigenvalue weighted by molar-refractivity contribution is -0.116. The molecule has 0 spiro atoms. The fraction of sp³-hybridized carbons (Fsp3) is 0.600. The van der Waals surface area contributed by atoms with Crippen molar-refractivity contribution in [1.82, 2.24) is 4.90 Å². The van der Waals surface area contributed by atoms with Crippen LogP contribution in [0.5, 0.6) is 0 Å². The summed E-state index contributed by atoms with van der Waals surface area (Å²) in [5.41, 5.74) is 1.43. The van der Waals surface area contributed by atoms with E-state index in [-0.39, 0.29) is 11.8 Å². The normalized spacial score (nSPS) is 15.1. The van der Waals surface area contributed by atoms with E-state index in [9.17, 15) is 9.59 Å². The van der Waals surface area contributed by atoms with Crippen molar-refractivity contribution in [2.45, 2.75) is 58.8 Å². The Bertz CT molecular complexity index is 529. The SMILES string of the molecule is CCN(CC)C(=O)c1ccc(NC(=O)CCC2CCCCC2)cc1. The Morgan fingerprint density at radius 3 is 2.25 bits per heavy atom. The average Bonchev–Trinajstić information content (AvgIpc) is 2.62. The number of anilines is 1. The van der Waals surface area contributed by atoms with E-state index in [1.54, 1.807) is 17.0 Å². The van der Waals surface area contributed by atoms with Gasteiger partial charge >= 0.3 is 0 Å². The molecule has 0 bridgehead atoms. The zero-order chi connectivity index (χ0) is 17.4. The Kier molecular flexibility index (Phi) is 7.29. The van der Waals surface area contributed by atoms with E-state index in [1.807, 2.05) is 26.0 Å². The predicted octanol–water partition coefficient (Wildman–Crippen LogP) is 4.47. The quantitative estimate of drug-likeness (QED) is 0.802. The van der Waals surface area contributed by atoms with Crippen LogP contribution in [0.1, 0.15) is 69.2 Å². The van der Waals surface area contributed by atoms with E-state index in [2.05, 4.69) is 5.32 Å². The van der Waals surface area contributed by atoms with E-state index in [0.29, 0.717) is 25.1 Å². The number of hydrogen-bond acceptors (Lipinski definition) is 2. The highest BCUT2D eigenvalue weighted by Gasteiger charge is 2.15. The number of carbonyl (C=O) groups excluding carboxylic acids is 2. The molecule has 1 saturated carbocycles. The van der Waals surface area contributed by atoms with Crippen LogP contribution in [-0.2, 0) is 4.79 Å². The summed E-state index contributed by atoms with van der Waals surface area (Å²) >= 11 is 0. The molecule has 0 aromatic heterocycles. The molecule has 0 radical (unpaired) electrons. The molecule has 0 saturated heterocycles. The fourth-order valence-electron chi connectivity index (χ4n) is 3.42. The molecule has 24 heavy (non-hydrogen) atoms. The van der Waals surface area contributed by atoms with Crippen LogP contribution in [0.2, 0.25) is 0 Å². The highest BCUT2D eigenvalue weighted by Crippen LogP contribution is 2.27. The second-order valence-corrected chi connectivity index (χ2v) is 6.65. The summed E-state index contributed by atoms with van der Waals surface area (Å²) in [5.74, 6) is 0.831. The van der Waals surface area contributed by atoms with Crippen LogP contribution in [0, 0.1) is 5.92 Å². The van der Waals surface area contributed by atoms with Crippen molar-refractivity contribution >= 4 is 17.5 Å². The number of nitrogens with zero attached hydrogens (tertiary/aromatic N) is 1. The van der Waals surface area contributed by atoms with Gasteiger partial charge in [-0.1, -0.05) is 32.1 Å². The highest BCUT2D eigenvalue weighted by atomic mass is 16.2. The molecule has 4 heteroatoms. The van der Waals surface area contributed by atoms with Gasteiger partial charge in [-0.2, -0.15) is 0 Å². The standard InChI is InChI=1S/C20H30N2O2/c1-3-22(4-2)20(24)17-11-13-18(14-12-17)21-19(23)15-10-16-8-6-5-7-9-16/h11-14,16H,3-10,15H2,1-2H3,(H,21,23). The Morgan fingerprint density at radius 1 is 1.04 bits per heavy atom. The van der Waals surface area contributed by atoms with Gasteiger partial charge in [-0.3, -0.25) is 9.59 Å². The third-order valence-corrected chi connectivity index (χ3v) is 4.97. The van der Waals surface area contributed by atoms with Crippen molar-refractivity contribution < 1.29 is 9.59 Å². The van der Waals surface area contributed by atoms with Crippen molar-refractivity contribution in [1.29, 1.82) is 0 Å². The van der Waals surface area contributed by atoms with Gasteiger partial charge in [0, 0.05) is 30.8 Å². The second kappa shape index (κ2) is 9.45. The Morgan fingerprint density at radius 2 is 1.67 bits per heavy atom. The summed E-state index contributed by atoms with van der Waals surface area (Å²) in [7, 11) is 0. The summed E-state index contributed by atoms with van der Waals surface area (Å²) in [6, 6.07) is 7.21. The lowest BCUT2D eigenvalue weighted by Crippen LogP contribution is -2.30. The molecule has 1 aliphatic carbocycles. The lowest BCUT2D eigenvalue weighted by Gasteiger charge is -2.21. The van der Waals surface area contributed by atoms with Gasteiger partial charge in [0.15, 0.2) is 0 Å². The van der Waals surface area contributed by atoms with E-state index in [0.717, 1.165) is 18.0 Å². The number of hydrogen-bond donors (Lipinski definition) is 1. The van der Waals surface area contributed by atoms with Gasteiger partial charge in [-0.15, -0.1) is 0 Å². The molecular weight excluding hydrogens is 300 g/mol.